The number of hydrogen-bond donors (Lipinski definition) is 0. The third-order valence-electron chi connectivity index (χ3n) is 5.70. The van der Waals surface area contributed by atoms with Crippen molar-refractivity contribution in [2.75, 3.05) is 0 Å². The minimum absolute atomic E-state index is 0. The fourth-order valence-corrected chi connectivity index (χ4v) is 3.75. The van der Waals surface area contributed by atoms with Crippen molar-refractivity contribution in [2.24, 2.45) is 0 Å². The zero-order valence-corrected chi connectivity index (χ0v) is 20.7. The molecule has 0 aliphatic heterocycles. The predicted octanol–water partition coefficient (Wildman–Crippen LogP) is 4.49. The molecule has 0 atom stereocenters. The summed E-state index contributed by atoms with van der Waals surface area (Å²) in [5, 5.41) is 0. The van der Waals surface area contributed by atoms with Crippen LogP contribution < -0.4 is 12.4 Å². The second-order valence-corrected chi connectivity index (χ2v) is 10.5. The maximum Gasteiger partial charge on any atom is 0.0240 e. The lowest BCUT2D eigenvalue weighted by molar-refractivity contribution is -0.00000717. The Labute approximate surface area is 195 Å². The van der Waals surface area contributed by atoms with Gasteiger partial charge in [-0.15, -0.1) is 0 Å². The van der Waals surface area contributed by atoms with E-state index in [0.29, 0.717) is 0 Å². The van der Waals surface area contributed by atoms with Gasteiger partial charge in [-0.1, -0.05) is 120 Å². The van der Waals surface area contributed by atoms with E-state index in [9.17, 15) is 0 Å². The number of rotatable bonds is 6. The average Bonchev–Trinajstić information content (AvgIpc) is 2.68. The van der Waals surface area contributed by atoms with E-state index in [-0.39, 0.29) is 23.2 Å². The number of benzene rings is 3. The maximum absolute atomic E-state index is 2.54. The summed E-state index contributed by atoms with van der Waals surface area (Å²) in [5.41, 5.74) is 7.25. The van der Waals surface area contributed by atoms with Crippen molar-refractivity contribution < 1.29 is 12.4 Å². The average molecular weight is 435 g/mol. The van der Waals surface area contributed by atoms with Crippen LogP contribution in [-0.2, 0) is 30.5 Å². The molecule has 0 aliphatic carbocycles. The highest BCUT2D eigenvalue weighted by Crippen LogP contribution is 2.25. The van der Waals surface area contributed by atoms with Gasteiger partial charge < -0.3 is 12.4 Å². The number of halogens is 1. The van der Waals surface area contributed by atoms with Crippen LogP contribution in [0.25, 0.3) is 0 Å². The van der Waals surface area contributed by atoms with E-state index in [0.717, 1.165) is 19.6 Å². The largest absolute Gasteiger partial charge is 1.00 e. The summed E-state index contributed by atoms with van der Waals surface area (Å²) in [5.74, 6) is 0. The molecular formula is C29H37ClN-. The Morgan fingerprint density at radius 2 is 0.806 bits per heavy atom. The molecule has 0 fully saturated rings. The van der Waals surface area contributed by atoms with Crippen LogP contribution in [0.15, 0.2) is 78.9 Å². The Balaban J connectivity index is 0.00000341. The molecular weight excluding hydrogens is 398 g/mol. The number of nitrogens with zero attached hydrogens (tertiary/aromatic N) is 1. The van der Waals surface area contributed by atoms with Crippen molar-refractivity contribution >= 4 is 0 Å². The van der Waals surface area contributed by atoms with E-state index in [2.05, 4.69) is 125 Å². The lowest BCUT2D eigenvalue weighted by Gasteiger charge is -2.25. The van der Waals surface area contributed by atoms with E-state index in [1.807, 2.05) is 0 Å². The van der Waals surface area contributed by atoms with E-state index in [1.165, 1.54) is 27.8 Å². The molecule has 0 saturated carbocycles. The van der Waals surface area contributed by atoms with Crippen LogP contribution >= 0.6 is 0 Å². The Morgan fingerprint density at radius 1 is 0.484 bits per heavy atom. The van der Waals surface area contributed by atoms with E-state index in [4.69, 9.17) is 0 Å². The van der Waals surface area contributed by atoms with Gasteiger partial charge in [0.25, 0.3) is 0 Å². The molecule has 0 aliphatic rings. The van der Waals surface area contributed by atoms with Crippen molar-refractivity contribution in [3.8, 4) is 0 Å². The van der Waals surface area contributed by atoms with Gasteiger partial charge in [0.1, 0.15) is 0 Å². The van der Waals surface area contributed by atoms with Crippen LogP contribution in [-0.4, -0.2) is 4.90 Å². The van der Waals surface area contributed by atoms with Crippen LogP contribution in [0.2, 0.25) is 0 Å². The third-order valence-corrected chi connectivity index (χ3v) is 5.70. The molecule has 3 aromatic carbocycles. The highest BCUT2D eigenvalue weighted by Gasteiger charge is 2.15. The van der Waals surface area contributed by atoms with Gasteiger partial charge in [-0.25, -0.2) is 0 Å². The Bertz CT molecular complexity index is 854. The predicted molar refractivity (Wildman–Crippen MR) is 130 cm³/mol. The molecule has 31 heavy (non-hydrogen) atoms. The van der Waals surface area contributed by atoms with Gasteiger partial charge in [-0.2, -0.15) is 0 Å². The molecule has 0 spiro atoms. The van der Waals surface area contributed by atoms with Crippen LogP contribution in [0.1, 0.15) is 69.4 Å². The first-order chi connectivity index (χ1) is 14.1. The first-order valence-corrected chi connectivity index (χ1v) is 11.1. The highest BCUT2D eigenvalue weighted by molar-refractivity contribution is 5.29. The normalized spacial score (nSPS) is 12.0. The summed E-state index contributed by atoms with van der Waals surface area (Å²) in [6.45, 7) is 16.4. The first kappa shape index (κ1) is 25.2. The van der Waals surface area contributed by atoms with Gasteiger partial charge >= 0.3 is 0 Å². The monoisotopic (exact) mass is 434 g/mol. The minimum atomic E-state index is 0. The van der Waals surface area contributed by atoms with Crippen molar-refractivity contribution in [1.29, 1.82) is 0 Å². The highest BCUT2D eigenvalue weighted by atomic mass is 35.5. The zero-order valence-electron chi connectivity index (χ0n) is 20.0. The molecule has 166 valence electrons. The van der Waals surface area contributed by atoms with Crippen molar-refractivity contribution in [2.45, 2.75) is 72.0 Å². The van der Waals surface area contributed by atoms with Gasteiger partial charge in [0.2, 0.25) is 0 Å². The summed E-state index contributed by atoms with van der Waals surface area (Å²) < 4.78 is 0. The fraction of sp³-hybridized carbons (Fsp3) is 0.379. The lowest BCUT2D eigenvalue weighted by atomic mass is 9.86. The zero-order chi connectivity index (χ0) is 21.8. The quantitative estimate of drug-likeness (QED) is 0.552. The second kappa shape index (κ2) is 10.5. The standard InChI is InChI=1S/C29H37N.ClH/c1-28(2,3)26-16-12-24(13-17-26)21-30(20-23-10-8-7-9-11-23)22-25-14-18-27(19-15-25)29(4,5)6;/h7-19H,20-22H2,1-6H3;1H/p-1. The molecule has 0 amide bonds. The van der Waals surface area contributed by atoms with Crippen molar-refractivity contribution in [1.82, 2.24) is 4.90 Å². The van der Waals surface area contributed by atoms with E-state index >= 15 is 0 Å². The smallest absolute Gasteiger partial charge is 0.0240 e. The molecule has 0 radical (unpaired) electrons. The SMILES string of the molecule is CC(C)(C)c1ccc(CN(Cc2ccccc2)Cc2ccc(C(C)(C)C)cc2)cc1.[Cl-]. The summed E-state index contributed by atoms with van der Waals surface area (Å²) in [7, 11) is 0. The molecule has 0 bridgehead atoms. The lowest BCUT2D eigenvalue weighted by Crippen LogP contribution is -3.00. The van der Waals surface area contributed by atoms with Crippen LogP contribution in [0.3, 0.4) is 0 Å². The summed E-state index contributed by atoms with van der Waals surface area (Å²) in [4.78, 5) is 2.54. The molecule has 1 nitrogen and oxygen atoms in total. The third kappa shape index (κ3) is 7.52. The van der Waals surface area contributed by atoms with Crippen molar-refractivity contribution in [3.05, 3.63) is 107 Å². The van der Waals surface area contributed by atoms with Gasteiger partial charge in [-0.3, -0.25) is 4.90 Å². The minimum Gasteiger partial charge on any atom is -1.00 e. The van der Waals surface area contributed by atoms with Crippen LogP contribution in [0.4, 0.5) is 0 Å². The van der Waals surface area contributed by atoms with Crippen LogP contribution in [0.5, 0.6) is 0 Å². The molecule has 0 saturated heterocycles. The summed E-state index contributed by atoms with van der Waals surface area (Å²) in [6, 6.07) is 29.1. The maximum atomic E-state index is 2.54. The molecule has 3 aromatic rings. The van der Waals surface area contributed by atoms with E-state index in [1.54, 1.807) is 0 Å². The first-order valence-electron chi connectivity index (χ1n) is 11.1. The molecule has 3 rings (SSSR count). The van der Waals surface area contributed by atoms with Gasteiger partial charge in [0, 0.05) is 19.6 Å². The van der Waals surface area contributed by atoms with Crippen LogP contribution in [0, 0.1) is 0 Å². The van der Waals surface area contributed by atoms with Gasteiger partial charge in [0.15, 0.2) is 0 Å². The van der Waals surface area contributed by atoms with E-state index < -0.39 is 0 Å². The molecule has 0 unspecified atom stereocenters. The molecule has 0 aromatic heterocycles. The second-order valence-electron chi connectivity index (χ2n) is 10.5. The Hall–Kier alpha value is -2.09. The topological polar surface area (TPSA) is 3.24 Å². The van der Waals surface area contributed by atoms with Gasteiger partial charge in [-0.05, 0) is 38.6 Å². The number of hydrogen-bond acceptors (Lipinski definition) is 1. The van der Waals surface area contributed by atoms with Gasteiger partial charge in [0.05, 0.1) is 0 Å². The Morgan fingerprint density at radius 3 is 1.13 bits per heavy atom. The molecule has 0 N–H and O–H groups in total. The fourth-order valence-electron chi connectivity index (χ4n) is 3.75. The summed E-state index contributed by atoms with van der Waals surface area (Å²) >= 11 is 0. The summed E-state index contributed by atoms with van der Waals surface area (Å²) in [6.07, 6.45) is 0. The molecule has 0 heterocycles. The molecule has 2 heteroatoms. The Kier molecular flexibility index (Phi) is 8.51. The van der Waals surface area contributed by atoms with Crippen molar-refractivity contribution in [3.63, 3.8) is 0 Å².